The Morgan fingerprint density at radius 1 is 1.00 bits per heavy atom. The van der Waals surface area contributed by atoms with Crippen molar-refractivity contribution in [3.63, 3.8) is 0 Å². The molecule has 4 amide bonds. The van der Waals surface area contributed by atoms with E-state index in [1.54, 1.807) is 17.0 Å². The highest BCUT2D eigenvalue weighted by molar-refractivity contribution is 8.01. The Kier molecular flexibility index (Phi) is 6.20. The van der Waals surface area contributed by atoms with Gasteiger partial charge in [-0.2, -0.15) is 0 Å². The van der Waals surface area contributed by atoms with Gasteiger partial charge in [-0.25, -0.2) is 4.79 Å². The largest absolute Gasteiger partial charge is 0.339 e. The molecule has 0 aromatic heterocycles. The fourth-order valence-electron chi connectivity index (χ4n) is 3.98. The molecular weight excluding hydrogens is 412 g/mol. The van der Waals surface area contributed by atoms with Crippen LogP contribution in [-0.2, 0) is 9.59 Å². The fraction of sp³-hybridized carbons (Fsp3) is 0.550. The molecule has 4 rings (SSSR count). The number of thioether (sulfide) groups is 1. The van der Waals surface area contributed by atoms with Crippen LogP contribution in [0.2, 0.25) is 5.02 Å². The first-order chi connectivity index (χ1) is 14.0. The van der Waals surface area contributed by atoms with Gasteiger partial charge in [0.2, 0.25) is 11.8 Å². The Morgan fingerprint density at radius 2 is 1.66 bits per heavy atom. The number of fused-ring (bicyclic) bond motifs is 1. The molecule has 2 saturated heterocycles. The number of halogens is 1. The van der Waals surface area contributed by atoms with E-state index in [1.807, 2.05) is 15.9 Å². The van der Waals surface area contributed by atoms with Crippen LogP contribution in [0.1, 0.15) is 25.7 Å². The van der Waals surface area contributed by atoms with Crippen LogP contribution in [0.5, 0.6) is 0 Å². The number of benzene rings is 1. The van der Waals surface area contributed by atoms with Crippen molar-refractivity contribution in [3.8, 4) is 0 Å². The summed E-state index contributed by atoms with van der Waals surface area (Å²) in [6, 6.07) is 5.46. The summed E-state index contributed by atoms with van der Waals surface area (Å²) in [6.45, 7) is 3.80. The molecule has 3 aliphatic rings. The predicted molar refractivity (Wildman–Crippen MR) is 113 cm³/mol. The summed E-state index contributed by atoms with van der Waals surface area (Å²) in [6.07, 6.45) is 3.48. The van der Waals surface area contributed by atoms with E-state index in [-0.39, 0.29) is 24.3 Å². The van der Waals surface area contributed by atoms with Crippen molar-refractivity contribution in [2.45, 2.75) is 35.8 Å². The molecule has 1 atom stereocenters. The lowest BCUT2D eigenvalue weighted by atomic mass is 10.1. The summed E-state index contributed by atoms with van der Waals surface area (Å²) in [4.78, 5) is 44.2. The van der Waals surface area contributed by atoms with Crippen LogP contribution in [0.25, 0.3) is 0 Å². The second kappa shape index (κ2) is 8.83. The lowest BCUT2D eigenvalue weighted by Gasteiger charge is -2.39. The monoisotopic (exact) mass is 436 g/mol. The van der Waals surface area contributed by atoms with Crippen LogP contribution in [0, 0.1) is 0 Å². The van der Waals surface area contributed by atoms with Gasteiger partial charge in [0.25, 0.3) is 0 Å². The van der Waals surface area contributed by atoms with E-state index in [1.165, 1.54) is 18.2 Å². The molecule has 0 radical (unpaired) electrons. The molecule has 1 N–H and O–H groups in total. The highest BCUT2D eigenvalue weighted by Gasteiger charge is 2.33. The second-order valence-corrected chi connectivity index (χ2v) is 9.32. The zero-order valence-electron chi connectivity index (χ0n) is 16.2. The number of amides is 4. The van der Waals surface area contributed by atoms with E-state index in [0.29, 0.717) is 36.9 Å². The molecule has 9 heteroatoms. The van der Waals surface area contributed by atoms with Crippen molar-refractivity contribution in [1.82, 2.24) is 14.7 Å². The van der Waals surface area contributed by atoms with Gasteiger partial charge in [-0.1, -0.05) is 11.6 Å². The number of hydrogen-bond acceptors (Lipinski definition) is 4. The zero-order chi connectivity index (χ0) is 20.4. The Morgan fingerprint density at radius 3 is 2.38 bits per heavy atom. The SMILES string of the molecule is O=C1Nc2cc(Cl)ccc2SC1CC(=O)N1CCN(C(=O)N2CCCCC2)CC1. The van der Waals surface area contributed by atoms with Gasteiger partial charge in [-0.15, -0.1) is 11.8 Å². The average molecular weight is 437 g/mol. The quantitative estimate of drug-likeness (QED) is 0.773. The number of anilines is 1. The molecular formula is C20H25ClN4O3S. The van der Waals surface area contributed by atoms with Gasteiger partial charge in [0.1, 0.15) is 0 Å². The third kappa shape index (κ3) is 4.64. The number of hydrogen-bond donors (Lipinski definition) is 1. The molecule has 1 aromatic carbocycles. The highest BCUT2D eigenvalue weighted by Crippen LogP contribution is 2.38. The third-order valence-corrected chi connectivity index (χ3v) is 7.16. The standard InChI is InChI=1S/C20H25ClN4O3S/c21-14-4-5-16-15(12-14)22-19(27)17(29-16)13-18(26)23-8-10-25(11-9-23)20(28)24-6-2-1-3-7-24/h4-5,12,17H,1-3,6-11,13H2,(H,22,27). The summed E-state index contributed by atoms with van der Waals surface area (Å²) in [5.41, 5.74) is 0.695. The first kappa shape index (κ1) is 20.3. The van der Waals surface area contributed by atoms with Crippen molar-refractivity contribution in [2.75, 3.05) is 44.6 Å². The maximum atomic E-state index is 12.8. The van der Waals surface area contributed by atoms with Crippen LogP contribution in [0.3, 0.4) is 0 Å². The summed E-state index contributed by atoms with van der Waals surface area (Å²) in [7, 11) is 0. The van der Waals surface area contributed by atoms with E-state index in [4.69, 9.17) is 11.6 Å². The maximum absolute atomic E-state index is 12.8. The minimum absolute atomic E-state index is 0.0415. The highest BCUT2D eigenvalue weighted by atomic mass is 35.5. The number of nitrogens with zero attached hydrogens (tertiary/aromatic N) is 3. The van der Waals surface area contributed by atoms with Gasteiger partial charge in [0.05, 0.1) is 10.9 Å². The van der Waals surface area contributed by atoms with Gasteiger partial charge in [0, 0.05) is 55.6 Å². The molecule has 29 heavy (non-hydrogen) atoms. The number of carbonyl (C=O) groups excluding carboxylic acids is 3. The Labute approximate surface area is 179 Å². The maximum Gasteiger partial charge on any atom is 0.320 e. The molecule has 3 heterocycles. The third-order valence-electron chi connectivity index (χ3n) is 5.65. The van der Waals surface area contributed by atoms with Crippen LogP contribution in [0.4, 0.5) is 10.5 Å². The minimum Gasteiger partial charge on any atom is -0.339 e. The van der Waals surface area contributed by atoms with Crippen molar-refractivity contribution >= 4 is 46.9 Å². The molecule has 1 unspecified atom stereocenters. The van der Waals surface area contributed by atoms with E-state index < -0.39 is 5.25 Å². The summed E-state index contributed by atoms with van der Waals surface area (Å²) in [5.74, 6) is -0.211. The van der Waals surface area contributed by atoms with Crippen LogP contribution in [-0.4, -0.2) is 77.1 Å². The Bertz CT molecular complexity index is 807. The van der Waals surface area contributed by atoms with E-state index in [2.05, 4.69) is 5.32 Å². The summed E-state index contributed by atoms with van der Waals surface area (Å²) in [5, 5.41) is 2.96. The summed E-state index contributed by atoms with van der Waals surface area (Å²) >= 11 is 7.38. The molecule has 7 nitrogen and oxygen atoms in total. The molecule has 2 fully saturated rings. The first-order valence-corrected chi connectivity index (χ1v) is 11.4. The molecule has 3 aliphatic heterocycles. The zero-order valence-corrected chi connectivity index (χ0v) is 17.8. The average Bonchev–Trinajstić information content (AvgIpc) is 2.74. The van der Waals surface area contributed by atoms with Crippen molar-refractivity contribution < 1.29 is 14.4 Å². The van der Waals surface area contributed by atoms with Gasteiger partial charge < -0.3 is 20.0 Å². The van der Waals surface area contributed by atoms with Crippen LogP contribution >= 0.6 is 23.4 Å². The normalized spacial score (nSPS) is 22.2. The fourth-order valence-corrected chi connectivity index (χ4v) is 5.23. The lowest BCUT2D eigenvalue weighted by Crippen LogP contribution is -2.55. The van der Waals surface area contributed by atoms with Gasteiger partial charge in [-0.05, 0) is 37.5 Å². The van der Waals surface area contributed by atoms with Crippen molar-refractivity contribution in [3.05, 3.63) is 23.2 Å². The number of piperidine rings is 1. The van der Waals surface area contributed by atoms with Crippen LogP contribution < -0.4 is 5.32 Å². The van der Waals surface area contributed by atoms with Gasteiger partial charge in [-0.3, -0.25) is 9.59 Å². The van der Waals surface area contributed by atoms with Gasteiger partial charge in [0.15, 0.2) is 0 Å². The Hall–Kier alpha value is -1.93. The van der Waals surface area contributed by atoms with Crippen molar-refractivity contribution in [1.29, 1.82) is 0 Å². The molecule has 0 bridgehead atoms. The predicted octanol–water partition coefficient (Wildman–Crippen LogP) is 2.89. The second-order valence-electron chi connectivity index (χ2n) is 7.64. The number of urea groups is 1. The smallest absolute Gasteiger partial charge is 0.320 e. The minimum atomic E-state index is -0.454. The van der Waals surface area contributed by atoms with E-state index in [9.17, 15) is 14.4 Å². The number of carbonyl (C=O) groups is 3. The lowest BCUT2D eigenvalue weighted by molar-refractivity contribution is -0.134. The molecule has 0 spiro atoms. The number of likely N-dealkylation sites (tertiary alicyclic amines) is 1. The molecule has 1 aromatic rings. The topological polar surface area (TPSA) is 73.0 Å². The Balaban J connectivity index is 1.29. The molecule has 0 saturated carbocycles. The van der Waals surface area contributed by atoms with Crippen LogP contribution in [0.15, 0.2) is 23.1 Å². The molecule has 156 valence electrons. The summed E-state index contributed by atoms with van der Waals surface area (Å²) < 4.78 is 0. The number of nitrogens with one attached hydrogen (secondary N) is 1. The number of rotatable bonds is 2. The van der Waals surface area contributed by atoms with Crippen molar-refractivity contribution in [2.24, 2.45) is 0 Å². The first-order valence-electron chi connectivity index (χ1n) is 10.1. The van der Waals surface area contributed by atoms with Gasteiger partial charge >= 0.3 is 6.03 Å². The van der Waals surface area contributed by atoms with E-state index >= 15 is 0 Å². The van der Waals surface area contributed by atoms with E-state index in [0.717, 1.165) is 30.8 Å². The number of piperazine rings is 1. The molecule has 0 aliphatic carbocycles.